The van der Waals surface area contributed by atoms with Crippen LogP contribution in [0.25, 0.3) is 0 Å². The summed E-state index contributed by atoms with van der Waals surface area (Å²) in [5.74, 6) is -1.06. The van der Waals surface area contributed by atoms with Crippen LogP contribution in [0, 0.1) is 5.82 Å². The van der Waals surface area contributed by atoms with Gasteiger partial charge in [0, 0.05) is 17.1 Å². The van der Waals surface area contributed by atoms with Gasteiger partial charge < -0.3 is 19.5 Å². The van der Waals surface area contributed by atoms with E-state index in [2.05, 4.69) is 0 Å². The van der Waals surface area contributed by atoms with Gasteiger partial charge in [-0.25, -0.2) is 9.18 Å². The van der Waals surface area contributed by atoms with Crippen LogP contribution in [-0.2, 0) is 16.0 Å². The van der Waals surface area contributed by atoms with Gasteiger partial charge >= 0.3 is 5.97 Å². The van der Waals surface area contributed by atoms with Crippen LogP contribution in [-0.4, -0.2) is 41.6 Å². The fourth-order valence-corrected chi connectivity index (χ4v) is 4.11. The van der Waals surface area contributed by atoms with Gasteiger partial charge in [-0.05, 0) is 60.0 Å². The average Bonchev–Trinajstić information content (AvgIpc) is 2.82. The Morgan fingerprint density at radius 2 is 1.76 bits per heavy atom. The zero-order valence-electron chi connectivity index (χ0n) is 17.5. The topological polar surface area (TPSA) is 76.1 Å². The molecule has 0 spiro atoms. The number of fused-ring (bicyclic) bond motifs is 1. The largest absolute Gasteiger partial charge is 0.484 e. The molecule has 0 saturated heterocycles. The van der Waals surface area contributed by atoms with Gasteiger partial charge in [0.25, 0.3) is 5.91 Å². The number of aliphatic carboxylic acids is 1. The molecule has 0 bridgehead atoms. The van der Waals surface area contributed by atoms with Crippen LogP contribution in [0.1, 0.15) is 22.7 Å². The van der Waals surface area contributed by atoms with Crippen molar-refractivity contribution in [3.63, 3.8) is 0 Å². The minimum Gasteiger partial charge on any atom is -0.484 e. The highest BCUT2D eigenvalue weighted by Crippen LogP contribution is 2.40. The summed E-state index contributed by atoms with van der Waals surface area (Å²) in [6.45, 7) is -0.334. The van der Waals surface area contributed by atoms with E-state index in [-0.39, 0.29) is 12.5 Å². The lowest BCUT2D eigenvalue weighted by atomic mass is 9.87. The van der Waals surface area contributed by atoms with Gasteiger partial charge in [-0.2, -0.15) is 0 Å². The van der Waals surface area contributed by atoms with Gasteiger partial charge in [0.1, 0.15) is 17.3 Å². The Morgan fingerprint density at radius 3 is 2.52 bits per heavy atom. The minimum absolute atomic E-state index is 0.240. The first kappa shape index (κ1) is 22.6. The normalized spacial score (nSPS) is 15.0. The SMILES string of the molecule is O=C(O)COc1ccc(Cl)cc1C1c2ccccc2CCN1C(=O)COc1ccc(F)cc1. The number of amides is 1. The van der Waals surface area contributed by atoms with Crippen molar-refractivity contribution in [1.29, 1.82) is 0 Å². The van der Waals surface area contributed by atoms with E-state index >= 15 is 0 Å². The molecule has 1 amide bonds. The standard InChI is InChI=1S/C25H21ClFNO5/c26-17-5-10-22(33-15-24(30)31)21(13-17)25-20-4-2-1-3-16(20)11-12-28(25)23(29)14-32-19-8-6-18(27)7-9-19/h1-10,13,25H,11-12,14-15H2,(H,30,31). The number of halogens is 2. The quantitative estimate of drug-likeness (QED) is 0.551. The van der Waals surface area contributed by atoms with Gasteiger partial charge in [-0.15, -0.1) is 0 Å². The number of carbonyl (C=O) groups is 2. The fraction of sp³-hybridized carbons (Fsp3) is 0.200. The lowest BCUT2D eigenvalue weighted by Crippen LogP contribution is -2.43. The molecule has 33 heavy (non-hydrogen) atoms. The monoisotopic (exact) mass is 469 g/mol. The van der Waals surface area contributed by atoms with E-state index in [1.165, 1.54) is 24.3 Å². The molecule has 8 heteroatoms. The summed E-state index contributed by atoms with van der Waals surface area (Å²) in [6, 6.07) is 17.6. The molecule has 0 aromatic heterocycles. The van der Waals surface area contributed by atoms with Crippen LogP contribution >= 0.6 is 11.6 Å². The lowest BCUT2D eigenvalue weighted by molar-refractivity contribution is -0.139. The number of carboxylic acids is 1. The third kappa shape index (κ3) is 5.26. The summed E-state index contributed by atoms with van der Waals surface area (Å²) in [7, 11) is 0. The Balaban J connectivity index is 1.67. The number of benzene rings is 3. The summed E-state index contributed by atoms with van der Waals surface area (Å²) in [6.07, 6.45) is 0.654. The molecule has 1 atom stereocenters. The first-order valence-corrected chi connectivity index (χ1v) is 10.7. The van der Waals surface area contributed by atoms with Crippen molar-refractivity contribution in [3.8, 4) is 11.5 Å². The molecule has 1 unspecified atom stereocenters. The molecule has 0 aliphatic carbocycles. The highest BCUT2D eigenvalue weighted by Gasteiger charge is 2.34. The maximum Gasteiger partial charge on any atom is 0.341 e. The van der Waals surface area contributed by atoms with Gasteiger partial charge in [-0.3, -0.25) is 4.79 Å². The van der Waals surface area contributed by atoms with Crippen LogP contribution < -0.4 is 9.47 Å². The Morgan fingerprint density at radius 1 is 1.00 bits per heavy atom. The lowest BCUT2D eigenvalue weighted by Gasteiger charge is -2.38. The number of hydrogen-bond acceptors (Lipinski definition) is 4. The van der Waals surface area contributed by atoms with Crippen molar-refractivity contribution >= 4 is 23.5 Å². The predicted octanol–water partition coefficient (Wildman–Crippen LogP) is 4.50. The second-order valence-corrected chi connectivity index (χ2v) is 7.98. The molecule has 3 aromatic rings. The summed E-state index contributed by atoms with van der Waals surface area (Å²) >= 11 is 6.28. The maximum atomic E-state index is 13.3. The molecular weight excluding hydrogens is 449 g/mol. The molecule has 0 saturated carbocycles. The Kier molecular flexibility index (Phi) is 6.79. The molecule has 1 aliphatic heterocycles. The Hall–Kier alpha value is -3.58. The second kappa shape index (κ2) is 9.92. The van der Waals surface area contributed by atoms with E-state index in [1.807, 2.05) is 24.3 Å². The van der Waals surface area contributed by atoms with Crippen molar-refractivity contribution in [3.05, 3.63) is 94.3 Å². The number of carboxylic acid groups (broad SMARTS) is 1. The summed E-state index contributed by atoms with van der Waals surface area (Å²) in [4.78, 5) is 26.0. The van der Waals surface area contributed by atoms with E-state index in [1.54, 1.807) is 23.1 Å². The molecule has 1 heterocycles. The molecule has 0 fully saturated rings. The van der Waals surface area contributed by atoms with Crippen molar-refractivity contribution in [1.82, 2.24) is 4.90 Å². The first-order valence-electron chi connectivity index (χ1n) is 10.3. The number of ether oxygens (including phenoxy) is 2. The highest BCUT2D eigenvalue weighted by molar-refractivity contribution is 6.30. The third-order valence-corrected chi connectivity index (χ3v) is 5.63. The van der Waals surface area contributed by atoms with Gasteiger partial charge in [0.05, 0.1) is 6.04 Å². The minimum atomic E-state index is -1.11. The molecular formula is C25H21ClFNO5. The Labute approximate surface area is 195 Å². The summed E-state index contributed by atoms with van der Waals surface area (Å²) in [5, 5.41) is 9.50. The number of nitrogens with zero attached hydrogens (tertiary/aromatic N) is 1. The summed E-state index contributed by atoms with van der Waals surface area (Å²) in [5.41, 5.74) is 2.57. The van der Waals surface area contributed by atoms with Crippen molar-refractivity contribution < 1.29 is 28.6 Å². The molecule has 4 rings (SSSR count). The molecule has 1 aliphatic rings. The zero-order valence-corrected chi connectivity index (χ0v) is 18.3. The Bertz CT molecular complexity index is 1170. The van der Waals surface area contributed by atoms with Crippen LogP contribution in [0.15, 0.2) is 66.7 Å². The van der Waals surface area contributed by atoms with E-state index < -0.39 is 24.4 Å². The number of carbonyl (C=O) groups excluding carboxylic acids is 1. The molecule has 1 N–H and O–H groups in total. The molecule has 6 nitrogen and oxygen atoms in total. The second-order valence-electron chi connectivity index (χ2n) is 7.55. The molecule has 0 radical (unpaired) electrons. The van der Waals surface area contributed by atoms with Crippen molar-refractivity contribution in [2.75, 3.05) is 19.8 Å². The van der Waals surface area contributed by atoms with Crippen molar-refractivity contribution in [2.24, 2.45) is 0 Å². The van der Waals surface area contributed by atoms with Gasteiger partial charge in [-0.1, -0.05) is 35.9 Å². The summed E-state index contributed by atoms with van der Waals surface area (Å²) < 4.78 is 24.3. The van der Waals surface area contributed by atoms with Crippen LogP contribution in [0.4, 0.5) is 4.39 Å². The van der Waals surface area contributed by atoms with Crippen LogP contribution in [0.5, 0.6) is 11.5 Å². The number of hydrogen-bond donors (Lipinski definition) is 1. The fourth-order valence-electron chi connectivity index (χ4n) is 3.93. The smallest absolute Gasteiger partial charge is 0.341 e. The highest BCUT2D eigenvalue weighted by atomic mass is 35.5. The molecule has 170 valence electrons. The van der Waals surface area contributed by atoms with E-state index in [0.29, 0.717) is 35.1 Å². The van der Waals surface area contributed by atoms with Gasteiger partial charge in [0.2, 0.25) is 0 Å². The zero-order chi connectivity index (χ0) is 23.4. The van der Waals surface area contributed by atoms with Crippen LogP contribution in [0.3, 0.4) is 0 Å². The van der Waals surface area contributed by atoms with E-state index in [0.717, 1.165) is 11.1 Å². The van der Waals surface area contributed by atoms with E-state index in [4.69, 9.17) is 26.2 Å². The predicted molar refractivity (Wildman–Crippen MR) is 120 cm³/mol. The number of rotatable bonds is 7. The maximum absolute atomic E-state index is 13.3. The van der Waals surface area contributed by atoms with E-state index in [9.17, 15) is 14.0 Å². The van der Waals surface area contributed by atoms with Crippen LogP contribution in [0.2, 0.25) is 5.02 Å². The molecule has 3 aromatic carbocycles. The third-order valence-electron chi connectivity index (χ3n) is 5.40. The van der Waals surface area contributed by atoms with Gasteiger partial charge in [0.15, 0.2) is 13.2 Å². The first-order chi connectivity index (χ1) is 15.9. The average molecular weight is 470 g/mol. The van der Waals surface area contributed by atoms with Crippen molar-refractivity contribution in [2.45, 2.75) is 12.5 Å².